The molecule has 1 saturated heterocycles. The number of aliphatic hydroxyl groups excluding tert-OH is 1. The van der Waals surface area contributed by atoms with Gasteiger partial charge in [-0.05, 0) is 12.8 Å². The van der Waals surface area contributed by atoms with E-state index in [0.29, 0.717) is 19.4 Å². The molecule has 1 atom stereocenters. The predicted octanol–water partition coefficient (Wildman–Crippen LogP) is 1.63. The Morgan fingerprint density at radius 1 is 1.15 bits per heavy atom. The van der Waals surface area contributed by atoms with Gasteiger partial charge in [-0.3, -0.25) is 4.79 Å². The Morgan fingerprint density at radius 3 is 2.77 bits per heavy atom. The van der Waals surface area contributed by atoms with Gasteiger partial charge < -0.3 is 9.84 Å². The summed E-state index contributed by atoms with van der Waals surface area (Å²) in [6.45, 7) is 0.375. The van der Waals surface area contributed by atoms with E-state index in [1.165, 1.54) is 0 Å². The molecule has 1 heterocycles. The number of ether oxygens (including phenoxy) is 1. The van der Waals surface area contributed by atoms with Crippen LogP contribution in [0.15, 0.2) is 0 Å². The molecule has 3 nitrogen and oxygen atoms in total. The third kappa shape index (κ3) is 4.88. The minimum Gasteiger partial charge on any atom is -0.466 e. The van der Waals surface area contributed by atoms with Crippen LogP contribution < -0.4 is 0 Å². The second-order valence-corrected chi connectivity index (χ2v) is 3.62. The maximum Gasteiger partial charge on any atom is 0.305 e. The zero-order chi connectivity index (χ0) is 9.52. The van der Waals surface area contributed by atoms with Gasteiger partial charge in [0.15, 0.2) is 0 Å². The summed E-state index contributed by atoms with van der Waals surface area (Å²) in [7, 11) is 0. The fraction of sp³-hybridized carbons (Fsp3) is 0.900. The van der Waals surface area contributed by atoms with Crippen LogP contribution in [0.2, 0.25) is 0 Å². The summed E-state index contributed by atoms with van der Waals surface area (Å²) in [5, 5.41) is 9.42. The average molecular weight is 186 g/mol. The maximum absolute atomic E-state index is 11.0. The van der Waals surface area contributed by atoms with Crippen LogP contribution in [0.25, 0.3) is 0 Å². The molecule has 0 radical (unpaired) electrons. The SMILES string of the molecule is O=C1CCCCCCC(O)CCO1. The molecule has 76 valence electrons. The van der Waals surface area contributed by atoms with Gasteiger partial charge in [-0.2, -0.15) is 0 Å². The zero-order valence-corrected chi connectivity index (χ0v) is 8.00. The Bertz CT molecular complexity index is 156. The molecule has 1 aliphatic rings. The van der Waals surface area contributed by atoms with Gasteiger partial charge in [0.1, 0.15) is 0 Å². The summed E-state index contributed by atoms with van der Waals surface area (Å²) in [5.41, 5.74) is 0. The smallest absolute Gasteiger partial charge is 0.305 e. The third-order valence-corrected chi connectivity index (χ3v) is 2.38. The van der Waals surface area contributed by atoms with Gasteiger partial charge in [0.05, 0.1) is 12.7 Å². The summed E-state index contributed by atoms with van der Waals surface area (Å²) < 4.78 is 4.95. The quantitative estimate of drug-likeness (QED) is 0.585. The van der Waals surface area contributed by atoms with Crippen LogP contribution in [0, 0.1) is 0 Å². The molecule has 0 spiro atoms. The molecule has 13 heavy (non-hydrogen) atoms. The Balaban J connectivity index is 2.27. The van der Waals surface area contributed by atoms with Gasteiger partial charge >= 0.3 is 5.97 Å². The summed E-state index contributed by atoms with van der Waals surface area (Å²) >= 11 is 0. The van der Waals surface area contributed by atoms with E-state index in [4.69, 9.17) is 4.74 Å². The highest BCUT2D eigenvalue weighted by molar-refractivity contribution is 5.69. The number of esters is 1. The van der Waals surface area contributed by atoms with Gasteiger partial charge in [-0.1, -0.05) is 19.3 Å². The highest BCUT2D eigenvalue weighted by atomic mass is 16.5. The summed E-state index contributed by atoms with van der Waals surface area (Å²) in [6, 6.07) is 0. The fourth-order valence-corrected chi connectivity index (χ4v) is 1.53. The second-order valence-electron chi connectivity index (χ2n) is 3.62. The molecule has 0 aromatic heterocycles. The highest BCUT2D eigenvalue weighted by Crippen LogP contribution is 2.11. The minimum atomic E-state index is -0.286. The lowest BCUT2D eigenvalue weighted by Gasteiger charge is -2.08. The van der Waals surface area contributed by atoms with Crippen molar-refractivity contribution in [2.24, 2.45) is 0 Å². The Hall–Kier alpha value is -0.570. The number of hydrogen-bond donors (Lipinski definition) is 1. The first-order valence-corrected chi connectivity index (χ1v) is 5.13. The molecule has 1 rings (SSSR count). The van der Waals surface area contributed by atoms with E-state index in [2.05, 4.69) is 0 Å². The van der Waals surface area contributed by atoms with Crippen molar-refractivity contribution in [3.8, 4) is 0 Å². The van der Waals surface area contributed by atoms with Gasteiger partial charge in [0, 0.05) is 12.8 Å². The average Bonchev–Trinajstić information content (AvgIpc) is 2.13. The highest BCUT2D eigenvalue weighted by Gasteiger charge is 2.08. The number of rotatable bonds is 0. The van der Waals surface area contributed by atoms with Crippen molar-refractivity contribution in [3.63, 3.8) is 0 Å². The topological polar surface area (TPSA) is 46.5 Å². The van der Waals surface area contributed by atoms with Gasteiger partial charge in [-0.25, -0.2) is 0 Å². The van der Waals surface area contributed by atoms with Crippen molar-refractivity contribution in [1.29, 1.82) is 0 Å². The van der Waals surface area contributed by atoms with E-state index in [1.54, 1.807) is 0 Å². The lowest BCUT2D eigenvalue weighted by atomic mass is 10.1. The van der Waals surface area contributed by atoms with E-state index in [-0.39, 0.29) is 12.1 Å². The first-order valence-electron chi connectivity index (χ1n) is 5.13. The first kappa shape index (κ1) is 10.5. The lowest BCUT2D eigenvalue weighted by Crippen LogP contribution is -2.12. The van der Waals surface area contributed by atoms with E-state index in [0.717, 1.165) is 32.1 Å². The van der Waals surface area contributed by atoms with Crippen LogP contribution >= 0.6 is 0 Å². The van der Waals surface area contributed by atoms with Crippen LogP contribution in [0.3, 0.4) is 0 Å². The standard InChI is InChI=1S/C10H18O3/c11-9-5-3-1-2-4-6-10(12)13-8-7-9/h9,11H,1-8H2. The molecule has 1 N–H and O–H groups in total. The molecule has 1 unspecified atom stereocenters. The first-order chi connectivity index (χ1) is 6.29. The maximum atomic E-state index is 11.0. The Kier molecular flexibility index (Phi) is 4.83. The van der Waals surface area contributed by atoms with Crippen molar-refractivity contribution in [2.75, 3.05) is 6.61 Å². The normalized spacial score (nSPS) is 27.5. The molecular weight excluding hydrogens is 168 g/mol. The molecule has 0 amide bonds. The predicted molar refractivity (Wildman–Crippen MR) is 49.3 cm³/mol. The van der Waals surface area contributed by atoms with Crippen LogP contribution in [-0.2, 0) is 9.53 Å². The molecule has 1 fully saturated rings. The van der Waals surface area contributed by atoms with Crippen LogP contribution in [-0.4, -0.2) is 23.8 Å². The molecule has 0 aromatic carbocycles. The number of cyclic esters (lactones) is 1. The van der Waals surface area contributed by atoms with Gasteiger partial charge in [0.2, 0.25) is 0 Å². The fourth-order valence-electron chi connectivity index (χ4n) is 1.53. The number of aliphatic hydroxyl groups is 1. The van der Waals surface area contributed by atoms with Crippen molar-refractivity contribution >= 4 is 5.97 Å². The Labute approximate surface area is 79.1 Å². The van der Waals surface area contributed by atoms with Crippen molar-refractivity contribution < 1.29 is 14.6 Å². The minimum absolute atomic E-state index is 0.117. The summed E-state index contributed by atoms with van der Waals surface area (Å²) in [4.78, 5) is 11.0. The Morgan fingerprint density at radius 2 is 1.92 bits per heavy atom. The molecule has 1 aliphatic heterocycles. The number of carbonyl (C=O) groups excluding carboxylic acids is 1. The van der Waals surface area contributed by atoms with E-state index in [9.17, 15) is 9.90 Å². The lowest BCUT2D eigenvalue weighted by molar-refractivity contribution is -0.144. The van der Waals surface area contributed by atoms with Gasteiger partial charge in [0.25, 0.3) is 0 Å². The molecule has 3 heteroatoms. The largest absolute Gasteiger partial charge is 0.466 e. The van der Waals surface area contributed by atoms with Crippen LogP contribution in [0.4, 0.5) is 0 Å². The van der Waals surface area contributed by atoms with Gasteiger partial charge in [-0.15, -0.1) is 0 Å². The van der Waals surface area contributed by atoms with Crippen LogP contribution in [0.1, 0.15) is 44.9 Å². The third-order valence-electron chi connectivity index (χ3n) is 2.38. The molecule has 0 aliphatic carbocycles. The van der Waals surface area contributed by atoms with E-state index < -0.39 is 0 Å². The molecular formula is C10H18O3. The second kappa shape index (κ2) is 5.97. The zero-order valence-electron chi connectivity index (χ0n) is 8.00. The van der Waals surface area contributed by atoms with Crippen molar-refractivity contribution in [1.82, 2.24) is 0 Å². The van der Waals surface area contributed by atoms with Crippen molar-refractivity contribution in [3.05, 3.63) is 0 Å². The monoisotopic (exact) mass is 186 g/mol. The molecule has 0 aromatic rings. The molecule has 0 bridgehead atoms. The molecule has 0 saturated carbocycles. The van der Waals surface area contributed by atoms with Crippen molar-refractivity contribution in [2.45, 2.75) is 51.0 Å². The summed E-state index contributed by atoms with van der Waals surface area (Å²) in [5.74, 6) is -0.117. The number of carbonyl (C=O) groups is 1. The van der Waals surface area contributed by atoms with E-state index in [1.807, 2.05) is 0 Å². The number of hydrogen-bond acceptors (Lipinski definition) is 3. The summed E-state index contributed by atoms with van der Waals surface area (Å²) in [6.07, 6.45) is 5.86. The van der Waals surface area contributed by atoms with E-state index >= 15 is 0 Å². The van der Waals surface area contributed by atoms with Crippen LogP contribution in [0.5, 0.6) is 0 Å².